The van der Waals surface area contributed by atoms with Crippen molar-refractivity contribution in [3.8, 4) is 0 Å². The first-order chi connectivity index (χ1) is 13.2. The van der Waals surface area contributed by atoms with Crippen molar-refractivity contribution in [2.24, 2.45) is 5.92 Å². The van der Waals surface area contributed by atoms with Gasteiger partial charge in [0.2, 0.25) is 5.91 Å². The van der Waals surface area contributed by atoms with Gasteiger partial charge in [0, 0.05) is 51.4 Å². The molecular weight excluding hydrogens is 360 g/mol. The summed E-state index contributed by atoms with van der Waals surface area (Å²) in [6, 6.07) is 2.84. The number of nitrogens with zero attached hydrogens (tertiary/aromatic N) is 1. The second-order valence-corrected chi connectivity index (χ2v) is 8.68. The number of carbonyl (C=O) groups excluding carboxylic acids is 1. The maximum Gasteiger partial charge on any atom is 0.225 e. The van der Waals surface area contributed by atoms with Gasteiger partial charge in [-0.3, -0.25) is 4.79 Å². The van der Waals surface area contributed by atoms with E-state index in [0.717, 1.165) is 58.3 Å². The molecule has 0 aromatic carbocycles. The molecule has 1 saturated heterocycles. The quantitative estimate of drug-likeness (QED) is 0.734. The highest BCUT2D eigenvalue weighted by molar-refractivity contribution is 7.07. The van der Waals surface area contributed by atoms with Gasteiger partial charge in [-0.05, 0) is 60.9 Å². The summed E-state index contributed by atoms with van der Waals surface area (Å²) < 4.78 is 11.6. The molecule has 1 amide bonds. The Bertz CT molecular complexity index is 560. The second-order valence-electron chi connectivity index (χ2n) is 7.90. The normalized spacial score (nSPS) is 26.8. The van der Waals surface area contributed by atoms with E-state index in [0.29, 0.717) is 12.6 Å². The molecule has 5 nitrogen and oxygen atoms in total. The minimum atomic E-state index is 0.0902. The predicted molar refractivity (Wildman–Crippen MR) is 109 cm³/mol. The summed E-state index contributed by atoms with van der Waals surface area (Å²) in [6.07, 6.45) is 6.11. The molecule has 3 rings (SSSR count). The molecule has 0 spiro atoms. The maximum absolute atomic E-state index is 13.0. The van der Waals surface area contributed by atoms with Crippen molar-refractivity contribution in [2.75, 3.05) is 26.9 Å². The number of nitrogens with one attached hydrogen (secondary N) is 1. The Morgan fingerprint density at radius 1 is 1.33 bits per heavy atom. The van der Waals surface area contributed by atoms with E-state index in [2.05, 4.69) is 29.1 Å². The van der Waals surface area contributed by atoms with Gasteiger partial charge in [0.1, 0.15) is 0 Å². The molecule has 1 aliphatic carbocycles. The Labute approximate surface area is 167 Å². The highest BCUT2D eigenvalue weighted by Crippen LogP contribution is 2.29. The standard InChI is InChI=1S/C21H34N2O3S/c1-3-9-26-20-5-4-17(13-19(20)22-18-6-10-25-11-7-18)21(24)23(2)14-16-8-12-27-15-16/h8,12,15,17-20,22H,3-7,9-11,13-14H2,1-2H3/t17-,19+,20+/m0/s1. The first kappa shape index (κ1) is 20.8. The zero-order chi connectivity index (χ0) is 19.1. The molecule has 2 aliphatic rings. The predicted octanol–water partition coefficient (Wildman–Crippen LogP) is 3.44. The van der Waals surface area contributed by atoms with E-state index >= 15 is 0 Å². The molecule has 1 N–H and O–H groups in total. The SMILES string of the molecule is CCCO[C@@H]1CC[C@H](C(=O)N(C)Cc2ccsc2)C[C@H]1NC1CCOCC1. The number of ether oxygens (including phenoxy) is 2. The fraction of sp³-hybridized carbons (Fsp3) is 0.762. The number of rotatable bonds is 8. The van der Waals surface area contributed by atoms with E-state index in [-0.39, 0.29) is 24.0 Å². The lowest BCUT2D eigenvalue weighted by Crippen LogP contribution is -2.52. The summed E-state index contributed by atoms with van der Waals surface area (Å²) in [5.41, 5.74) is 1.22. The molecule has 27 heavy (non-hydrogen) atoms. The summed E-state index contributed by atoms with van der Waals surface area (Å²) in [6.45, 7) is 5.31. The van der Waals surface area contributed by atoms with E-state index in [1.807, 2.05) is 11.9 Å². The van der Waals surface area contributed by atoms with Crippen molar-refractivity contribution in [2.45, 2.75) is 70.2 Å². The van der Waals surface area contributed by atoms with Crippen molar-refractivity contribution in [3.05, 3.63) is 22.4 Å². The molecule has 0 radical (unpaired) electrons. The van der Waals surface area contributed by atoms with Crippen molar-refractivity contribution in [3.63, 3.8) is 0 Å². The van der Waals surface area contributed by atoms with Crippen LogP contribution < -0.4 is 5.32 Å². The van der Waals surface area contributed by atoms with Gasteiger partial charge in [0.25, 0.3) is 0 Å². The molecule has 0 unspecified atom stereocenters. The molecule has 2 fully saturated rings. The summed E-state index contributed by atoms with van der Waals surface area (Å²) in [5.74, 6) is 0.362. The average molecular weight is 395 g/mol. The molecule has 1 aromatic heterocycles. The van der Waals surface area contributed by atoms with Crippen molar-refractivity contribution < 1.29 is 14.3 Å². The molecule has 1 saturated carbocycles. The van der Waals surface area contributed by atoms with Crippen LogP contribution in [0.3, 0.4) is 0 Å². The van der Waals surface area contributed by atoms with Crippen LogP contribution in [0.5, 0.6) is 0 Å². The minimum absolute atomic E-state index is 0.0902. The van der Waals surface area contributed by atoms with Gasteiger partial charge < -0.3 is 19.7 Å². The Balaban J connectivity index is 1.58. The third-order valence-corrected chi connectivity index (χ3v) is 6.45. The Morgan fingerprint density at radius 2 is 2.15 bits per heavy atom. The Kier molecular flexibility index (Phi) is 8.12. The highest BCUT2D eigenvalue weighted by Gasteiger charge is 2.36. The number of carbonyl (C=O) groups is 1. The van der Waals surface area contributed by atoms with E-state index < -0.39 is 0 Å². The minimum Gasteiger partial charge on any atom is -0.381 e. The molecular formula is C21H34N2O3S. The van der Waals surface area contributed by atoms with Crippen molar-refractivity contribution >= 4 is 17.2 Å². The van der Waals surface area contributed by atoms with Gasteiger partial charge in [-0.25, -0.2) is 0 Å². The lowest BCUT2D eigenvalue weighted by molar-refractivity contribution is -0.137. The van der Waals surface area contributed by atoms with Gasteiger partial charge in [-0.1, -0.05) is 6.92 Å². The van der Waals surface area contributed by atoms with E-state index in [4.69, 9.17) is 9.47 Å². The van der Waals surface area contributed by atoms with Gasteiger partial charge in [0.15, 0.2) is 0 Å². The van der Waals surface area contributed by atoms with Crippen LogP contribution >= 0.6 is 11.3 Å². The third kappa shape index (κ3) is 6.01. The number of hydrogen-bond acceptors (Lipinski definition) is 5. The third-order valence-electron chi connectivity index (χ3n) is 5.72. The second kappa shape index (κ2) is 10.6. The number of thiophene rings is 1. The van der Waals surface area contributed by atoms with Crippen molar-refractivity contribution in [1.29, 1.82) is 0 Å². The summed E-state index contributed by atoms with van der Waals surface area (Å²) in [7, 11) is 1.93. The first-order valence-corrected chi connectivity index (χ1v) is 11.3. The van der Waals surface area contributed by atoms with Crippen LogP contribution in [0, 0.1) is 5.92 Å². The van der Waals surface area contributed by atoms with Gasteiger partial charge in [-0.15, -0.1) is 0 Å². The van der Waals surface area contributed by atoms with Crippen LogP contribution in [-0.2, 0) is 20.8 Å². The zero-order valence-corrected chi connectivity index (χ0v) is 17.5. The zero-order valence-electron chi connectivity index (χ0n) is 16.7. The first-order valence-electron chi connectivity index (χ1n) is 10.4. The largest absolute Gasteiger partial charge is 0.381 e. The lowest BCUT2D eigenvalue weighted by Gasteiger charge is -2.39. The molecule has 0 bridgehead atoms. The Hall–Kier alpha value is -0.950. The molecule has 1 aliphatic heterocycles. The number of hydrogen-bond donors (Lipinski definition) is 1. The molecule has 3 atom stereocenters. The van der Waals surface area contributed by atoms with Crippen LogP contribution in [-0.4, -0.2) is 55.9 Å². The monoisotopic (exact) mass is 394 g/mol. The van der Waals surface area contributed by atoms with E-state index in [9.17, 15) is 4.79 Å². The van der Waals surface area contributed by atoms with Crippen LogP contribution in [0.1, 0.15) is 51.0 Å². The van der Waals surface area contributed by atoms with Gasteiger partial charge in [0.05, 0.1) is 6.10 Å². The highest BCUT2D eigenvalue weighted by atomic mass is 32.1. The van der Waals surface area contributed by atoms with E-state index in [1.165, 1.54) is 5.56 Å². The van der Waals surface area contributed by atoms with Crippen LogP contribution in [0.4, 0.5) is 0 Å². The lowest BCUT2D eigenvalue weighted by atomic mass is 9.82. The number of amides is 1. The van der Waals surface area contributed by atoms with Crippen LogP contribution in [0.25, 0.3) is 0 Å². The molecule has 6 heteroatoms. The smallest absolute Gasteiger partial charge is 0.225 e. The topological polar surface area (TPSA) is 50.8 Å². The van der Waals surface area contributed by atoms with E-state index in [1.54, 1.807) is 11.3 Å². The van der Waals surface area contributed by atoms with Crippen LogP contribution in [0.2, 0.25) is 0 Å². The fourth-order valence-corrected chi connectivity index (χ4v) is 4.88. The Morgan fingerprint density at radius 3 is 2.85 bits per heavy atom. The van der Waals surface area contributed by atoms with Gasteiger partial charge in [-0.2, -0.15) is 11.3 Å². The molecule has 152 valence electrons. The fourth-order valence-electron chi connectivity index (χ4n) is 4.22. The summed E-state index contributed by atoms with van der Waals surface area (Å²) in [5, 5.41) is 8.00. The maximum atomic E-state index is 13.0. The molecule has 2 heterocycles. The molecule has 1 aromatic rings. The summed E-state index contributed by atoms with van der Waals surface area (Å²) >= 11 is 1.68. The van der Waals surface area contributed by atoms with Gasteiger partial charge >= 0.3 is 0 Å². The van der Waals surface area contributed by atoms with Crippen molar-refractivity contribution in [1.82, 2.24) is 10.2 Å². The van der Waals surface area contributed by atoms with Crippen LogP contribution in [0.15, 0.2) is 16.8 Å². The summed E-state index contributed by atoms with van der Waals surface area (Å²) in [4.78, 5) is 14.9. The average Bonchev–Trinajstić information content (AvgIpc) is 3.20.